The van der Waals surface area contributed by atoms with E-state index in [1.54, 1.807) is 0 Å². The van der Waals surface area contributed by atoms with E-state index in [2.05, 4.69) is 11.0 Å². The van der Waals surface area contributed by atoms with Crippen LogP contribution in [-0.2, 0) is 4.74 Å². The normalized spacial score (nSPS) is 19.9. The molecule has 1 aromatic carbocycles. The van der Waals surface area contributed by atoms with Gasteiger partial charge in [-0.15, -0.1) is 0 Å². The number of halogens is 1. The van der Waals surface area contributed by atoms with Crippen molar-refractivity contribution in [1.82, 2.24) is 4.90 Å². The number of nitrogens with zero attached hydrogens (tertiary/aromatic N) is 1. The number of benzene rings is 1. The van der Waals surface area contributed by atoms with Gasteiger partial charge in [0.1, 0.15) is 0 Å². The minimum absolute atomic E-state index is 0.246. The Balaban J connectivity index is 2.14. The number of hydrogen-bond acceptors (Lipinski definition) is 3. The summed E-state index contributed by atoms with van der Waals surface area (Å²) in [5.41, 5.74) is 7.11. The van der Waals surface area contributed by atoms with Crippen molar-refractivity contribution >= 4 is 11.6 Å². The molecule has 1 aliphatic rings. The van der Waals surface area contributed by atoms with Crippen LogP contribution in [0.3, 0.4) is 0 Å². The molecule has 0 radical (unpaired) electrons. The summed E-state index contributed by atoms with van der Waals surface area (Å²) in [6.07, 6.45) is 1.07. The summed E-state index contributed by atoms with van der Waals surface area (Å²) in [4.78, 5) is 2.39. The van der Waals surface area contributed by atoms with E-state index in [9.17, 15) is 0 Å². The lowest BCUT2D eigenvalue weighted by molar-refractivity contribution is 0.132. The van der Waals surface area contributed by atoms with Gasteiger partial charge >= 0.3 is 0 Å². The van der Waals surface area contributed by atoms with Crippen LogP contribution in [0.2, 0.25) is 5.02 Å². The molecule has 0 amide bonds. The maximum absolute atomic E-state index is 6.03. The topological polar surface area (TPSA) is 38.5 Å². The molecule has 1 aromatic rings. The first-order valence-corrected chi connectivity index (χ1v) is 6.46. The Morgan fingerprint density at radius 2 is 2.24 bits per heavy atom. The predicted molar refractivity (Wildman–Crippen MR) is 70.3 cm³/mol. The van der Waals surface area contributed by atoms with Crippen molar-refractivity contribution in [3.05, 3.63) is 34.9 Å². The minimum atomic E-state index is 0.246. The van der Waals surface area contributed by atoms with Crippen molar-refractivity contribution in [3.63, 3.8) is 0 Å². The van der Waals surface area contributed by atoms with Gasteiger partial charge in [-0.2, -0.15) is 0 Å². The third-order valence-corrected chi connectivity index (χ3v) is 3.39. The minimum Gasteiger partial charge on any atom is -0.380 e. The molecule has 1 unspecified atom stereocenters. The fourth-order valence-corrected chi connectivity index (χ4v) is 2.49. The Kier molecular flexibility index (Phi) is 4.80. The zero-order chi connectivity index (χ0) is 12.1. The Bertz CT molecular complexity index is 351. The average Bonchev–Trinajstić information content (AvgIpc) is 2.59. The van der Waals surface area contributed by atoms with Crippen molar-refractivity contribution in [2.75, 3.05) is 32.8 Å². The van der Waals surface area contributed by atoms with Gasteiger partial charge in [0.05, 0.1) is 6.61 Å². The van der Waals surface area contributed by atoms with E-state index in [-0.39, 0.29) is 6.04 Å². The maximum atomic E-state index is 6.03. The summed E-state index contributed by atoms with van der Waals surface area (Å²) in [5.74, 6) is 0. The van der Waals surface area contributed by atoms with Crippen LogP contribution in [0.15, 0.2) is 24.3 Å². The summed E-state index contributed by atoms with van der Waals surface area (Å²) in [6, 6.07) is 8.22. The van der Waals surface area contributed by atoms with Crippen LogP contribution >= 0.6 is 11.6 Å². The molecule has 4 heteroatoms. The van der Waals surface area contributed by atoms with Crippen LogP contribution in [0, 0.1) is 0 Å². The first-order valence-electron chi connectivity index (χ1n) is 6.08. The zero-order valence-electron chi connectivity index (χ0n) is 9.94. The van der Waals surface area contributed by atoms with Gasteiger partial charge in [-0.05, 0) is 24.1 Å². The average molecular weight is 255 g/mol. The molecule has 1 saturated heterocycles. The standard InChI is InChI=1S/C13H19ClN2O/c14-12-4-1-3-11(9-12)13(10-15)16-5-2-7-17-8-6-16/h1,3-4,9,13H,2,5-8,10,15H2. The number of ether oxygens (including phenoxy) is 1. The van der Waals surface area contributed by atoms with E-state index < -0.39 is 0 Å². The van der Waals surface area contributed by atoms with Gasteiger partial charge in [0.2, 0.25) is 0 Å². The smallest absolute Gasteiger partial charge is 0.0593 e. The van der Waals surface area contributed by atoms with Gasteiger partial charge < -0.3 is 10.5 Å². The SMILES string of the molecule is NCC(c1cccc(Cl)c1)N1CCCOCC1. The van der Waals surface area contributed by atoms with Gasteiger partial charge in [-0.3, -0.25) is 4.90 Å². The fraction of sp³-hybridized carbons (Fsp3) is 0.538. The van der Waals surface area contributed by atoms with Crippen LogP contribution < -0.4 is 5.73 Å². The molecule has 94 valence electrons. The summed E-state index contributed by atoms with van der Waals surface area (Å²) in [6.45, 7) is 4.23. The summed E-state index contributed by atoms with van der Waals surface area (Å²) >= 11 is 6.03. The molecule has 0 spiro atoms. The maximum Gasteiger partial charge on any atom is 0.0593 e. The molecule has 0 bridgehead atoms. The van der Waals surface area contributed by atoms with Gasteiger partial charge in [0, 0.05) is 37.3 Å². The second-order valence-corrected chi connectivity index (χ2v) is 4.74. The molecular weight excluding hydrogens is 236 g/mol. The van der Waals surface area contributed by atoms with Crippen LogP contribution in [0.25, 0.3) is 0 Å². The highest BCUT2D eigenvalue weighted by atomic mass is 35.5. The molecule has 1 atom stereocenters. The van der Waals surface area contributed by atoms with Crippen molar-refractivity contribution in [1.29, 1.82) is 0 Å². The summed E-state index contributed by atoms with van der Waals surface area (Å²) < 4.78 is 5.47. The van der Waals surface area contributed by atoms with E-state index in [4.69, 9.17) is 22.1 Å². The van der Waals surface area contributed by atoms with Crippen LogP contribution in [0.1, 0.15) is 18.0 Å². The molecule has 2 N–H and O–H groups in total. The number of rotatable bonds is 3. The van der Waals surface area contributed by atoms with E-state index in [0.29, 0.717) is 6.54 Å². The lowest BCUT2D eigenvalue weighted by atomic mass is 10.1. The Morgan fingerprint density at radius 3 is 3.00 bits per heavy atom. The molecule has 0 aromatic heterocycles. The zero-order valence-corrected chi connectivity index (χ0v) is 10.7. The monoisotopic (exact) mass is 254 g/mol. The van der Waals surface area contributed by atoms with Gasteiger partial charge in [0.15, 0.2) is 0 Å². The third-order valence-electron chi connectivity index (χ3n) is 3.15. The predicted octanol–water partition coefficient (Wildman–Crippen LogP) is 2.06. The van der Waals surface area contributed by atoms with Gasteiger partial charge in [0.25, 0.3) is 0 Å². The highest BCUT2D eigenvalue weighted by Gasteiger charge is 2.20. The Labute approximate surface area is 107 Å². The number of hydrogen-bond donors (Lipinski definition) is 1. The molecular formula is C13H19ClN2O. The molecule has 17 heavy (non-hydrogen) atoms. The van der Waals surface area contributed by atoms with Crippen molar-refractivity contribution < 1.29 is 4.74 Å². The molecule has 2 rings (SSSR count). The van der Waals surface area contributed by atoms with Gasteiger partial charge in [-0.25, -0.2) is 0 Å². The molecule has 0 aliphatic carbocycles. The first kappa shape index (κ1) is 12.8. The highest BCUT2D eigenvalue weighted by molar-refractivity contribution is 6.30. The van der Waals surface area contributed by atoms with E-state index in [0.717, 1.165) is 37.7 Å². The summed E-state index contributed by atoms with van der Waals surface area (Å²) in [7, 11) is 0. The van der Waals surface area contributed by atoms with E-state index in [1.807, 2.05) is 18.2 Å². The second kappa shape index (κ2) is 6.36. The van der Waals surface area contributed by atoms with Crippen LogP contribution in [-0.4, -0.2) is 37.7 Å². The van der Waals surface area contributed by atoms with Crippen LogP contribution in [0.4, 0.5) is 0 Å². The van der Waals surface area contributed by atoms with E-state index in [1.165, 1.54) is 5.56 Å². The molecule has 3 nitrogen and oxygen atoms in total. The summed E-state index contributed by atoms with van der Waals surface area (Å²) in [5, 5.41) is 0.770. The molecule has 1 aliphatic heterocycles. The van der Waals surface area contributed by atoms with Crippen molar-refractivity contribution in [3.8, 4) is 0 Å². The molecule has 1 heterocycles. The number of nitrogens with two attached hydrogens (primary N) is 1. The van der Waals surface area contributed by atoms with Crippen LogP contribution in [0.5, 0.6) is 0 Å². The Morgan fingerprint density at radius 1 is 1.35 bits per heavy atom. The quantitative estimate of drug-likeness (QED) is 0.898. The second-order valence-electron chi connectivity index (χ2n) is 4.31. The van der Waals surface area contributed by atoms with Crippen molar-refractivity contribution in [2.24, 2.45) is 5.73 Å². The van der Waals surface area contributed by atoms with Gasteiger partial charge in [-0.1, -0.05) is 23.7 Å². The fourth-order valence-electron chi connectivity index (χ4n) is 2.29. The Hall–Kier alpha value is -0.610. The third kappa shape index (κ3) is 3.42. The molecule has 0 saturated carbocycles. The van der Waals surface area contributed by atoms with E-state index >= 15 is 0 Å². The van der Waals surface area contributed by atoms with Crippen molar-refractivity contribution in [2.45, 2.75) is 12.5 Å². The first-order chi connectivity index (χ1) is 8.31. The highest BCUT2D eigenvalue weighted by Crippen LogP contribution is 2.23. The lowest BCUT2D eigenvalue weighted by Crippen LogP contribution is -2.35. The lowest BCUT2D eigenvalue weighted by Gasteiger charge is -2.29. The largest absolute Gasteiger partial charge is 0.380 e. The molecule has 1 fully saturated rings.